The van der Waals surface area contributed by atoms with Gasteiger partial charge in [-0.3, -0.25) is 15.1 Å². The molecule has 0 spiro atoms. The normalized spacial score (nSPS) is 19.8. The quantitative estimate of drug-likeness (QED) is 0.518. The van der Waals surface area contributed by atoms with Crippen LogP contribution in [0.1, 0.15) is 22.2 Å². The molecule has 6 heteroatoms. The Labute approximate surface area is 132 Å². The maximum absolute atomic E-state index is 12.1. The van der Waals surface area contributed by atoms with Gasteiger partial charge in [0.1, 0.15) is 0 Å². The van der Waals surface area contributed by atoms with Gasteiger partial charge in [-0.25, -0.2) is 5.84 Å². The third-order valence-electron chi connectivity index (χ3n) is 3.90. The van der Waals surface area contributed by atoms with Crippen LogP contribution >= 0.6 is 23.1 Å². The van der Waals surface area contributed by atoms with Crippen LogP contribution in [0.3, 0.4) is 0 Å². The van der Waals surface area contributed by atoms with E-state index in [1.807, 2.05) is 23.9 Å². The average Bonchev–Trinajstić information content (AvgIpc) is 2.88. The number of carbonyl (C=O) groups is 1. The summed E-state index contributed by atoms with van der Waals surface area (Å²) in [6.07, 6.45) is 0. The molecule has 1 saturated heterocycles. The van der Waals surface area contributed by atoms with Crippen LogP contribution in [-0.4, -0.2) is 34.9 Å². The van der Waals surface area contributed by atoms with Crippen LogP contribution in [-0.2, 0) is 6.54 Å². The van der Waals surface area contributed by atoms with E-state index in [0.717, 1.165) is 39.7 Å². The van der Waals surface area contributed by atoms with Gasteiger partial charge in [-0.1, -0.05) is 18.2 Å². The van der Waals surface area contributed by atoms with Crippen molar-refractivity contribution in [1.29, 1.82) is 0 Å². The summed E-state index contributed by atoms with van der Waals surface area (Å²) in [4.78, 5) is 15.3. The van der Waals surface area contributed by atoms with Crippen molar-refractivity contribution in [1.82, 2.24) is 10.3 Å². The largest absolute Gasteiger partial charge is 0.295 e. The van der Waals surface area contributed by atoms with Crippen LogP contribution < -0.4 is 11.3 Å². The number of fused-ring (bicyclic) bond motifs is 1. The second kappa shape index (κ2) is 6.36. The van der Waals surface area contributed by atoms with Crippen molar-refractivity contribution in [3.8, 4) is 0 Å². The lowest BCUT2D eigenvalue weighted by Crippen LogP contribution is -2.40. The lowest BCUT2D eigenvalue weighted by molar-refractivity contribution is 0.0955. The van der Waals surface area contributed by atoms with E-state index in [4.69, 9.17) is 5.84 Å². The summed E-state index contributed by atoms with van der Waals surface area (Å²) in [6, 6.07) is 8.73. The molecule has 4 nitrogen and oxygen atoms in total. The molecule has 3 N–H and O–H groups in total. The molecule has 2 aromatic rings. The standard InChI is InChI=1S/C15H19N3OS2/c1-10-9-20-7-6-18(10)8-12-11-4-2-3-5-13(11)21-14(12)15(19)17-16/h2-5,10H,6-9,16H2,1H3,(H,17,19). The van der Waals surface area contributed by atoms with Crippen LogP contribution in [0, 0.1) is 0 Å². The zero-order valence-electron chi connectivity index (χ0n) is 12.0. The van der Waals surface area contributed by atoms with Gasteiger partial charge < -0.3 is 0 Å². The first kappa shape index (κ1) is 14.8. The molecule has 0 radical (unpaired) electrons. The number of rotatable bonds is 3. The molecule has 2 heterocycles. The lowest BCUT2D eigenvalue weighted by Gasteiger charge is -2.33. The fourth-order valence-electron chi connectivity index (χ4n) is 2.70. The minimum atomic E-state index is -0.190. The summed E-state index contributed by atoms with van der Waals surface area (Å²) in [7, 11) is 0. The number of hydrazine groups is 1. The lowest BCUT2D eigenvalue weighted by atomic mass is 10.1. The van der Waals surface area contributed by atoms with Crippen molar-refractivity contribution >= 4 is 39.1 Å². The Bertz CT molecular complexity index is 655. The van der Waals surface area contributed by atoms with Crippen LogP contribution in [0.4, 0.5) is 0 Å². The van der Waals surface area contributed by atoms with Crippen LogP contribution in [0.2, 0.25) is 0 Å². The molecule has 1 atom stereocenters. The average molecular weight is 321 g/mol. The first-order valence-corrected chi connectivity index (χ1v) is 9.01. The molecule has 21 heavy (non-hydrogen) atoms. The Morgan fingerprint density at radius 3 is 3.05 bits per heavy atom. The first-order chi connectivity index (χ1) is 10.2. The number of hydrogen-bond acceptors (Lipinski definition) is 5. The minimum absolute atomic E-state index is 0.190. The summed E-state index contributed by atoms with van der Waals surface area (Å²) in [5.74, 6) is 7.47. The number of amides is 1. The highest BCUT2D eigenvalue weighted by molar-refractivity contribution is 7.99. The van der Waals surface area contributed by atoms with Crippen molar-refractivity contribution in [3.63, 3.8) is 0 Å². The second-order valence-electron chi connectivity index (χ2n) is 5.27. The molecular weight excluding hydrogens is 302 g/mol. The van der Waals surface area contributed by atoms with Gasteiger partial charge in [-0.05, 0) is 23.9 Å². The van der Waals surface area contributed by atoms with Crippen molar-refractivity contribution < 1.29 is 4.79 Å². The van der Waals surface area contributed by atoms with Gasteiger partial charge in [0.2, 0.25) is 0 Å². The molecule has 1 amide bonds. The van der Waals surface area contributed by atoms with Crippen molar-refractivity contribution in [2.75, 3.05) is 18.1 Å². The fourth-order valence-corrected chi connectivity index (χ4v) is 4.90. The van der Waals surface area contributed by atoms with Gasteiger partial charge in [-0.15, -0.1) is 11.3 Å². The number of thioether (sulfide) groups is 1. The number of nitrogens with one attached hydrogen (secondary N) is 1. The van der Waals surface area contributed by atoms with E-state index in [9.17, 15) is 4.79 Å². The minimum Gasteiger partial charge on any atom is -0.295 e. The molecule has 0 bridgehead atoms. The summed E-state index contributed by atoms with van der Waals surface area (Å²) >= 11 is 3.52. The van der Waals surface area contributed by atoms with Crippen molar-refractivity contribution in [2.45, 2.75) is 19.5 Å². The number of hydrogen-bond donors (Lipinski definition) is 2. The van der Waals surface area contributed by atoms with Crippen molar-refractivity contribution in [2.24, 2.45) is 5.84 Å². The van der Waals surface area contributed by atoms with Crippen LogP contribution in [0.15, 0.2) is 24.3 Å². The molecule has 1 aromatic heterocycles. The highest BCUT2D eigenvalue weighted by Crippen LogP contribution is 2.33. The predicted octanol–water partition coefficient (Wildman–Crippen LogP) is 2.44. The van der Waals surface area contributed by atoms with E-state index in [-0.39, 0.29) is 5.91 Å². The van der Waals surface area contributed by atoms with E-state index < -0.39 is 0 Å². The monoisotopic (exact) mass is 321 g/mol. The maximum atomic E-state index is 12.1. The summed E-state index contributed by atoms with van der Waals surface area (Å²) in [6.45, 7) is 4.14. The van der Waals surface area contributed by atoms with E-state index in [2.05, 4.69) is 29.4 Å². The Kier molecular flexibility index (Phi) is 4.49. The molecule has 1 aliphatic rings. The van der Waals surface area contributed by atoms with E-state index >= 15 is 0 Å². The number of carbonyl (C=O) groups excluding carboxylic acids is 1. The van der Waals surface area contributed by atoms with Crippen molar-refractivity contribution in [3.05, 3.63) is 34.7 Å². The number of thiophene rings is 1. The van der Waals surface area contributed by atoms with Gasteiger partial charge in [0.05, 0.1) is 4.88 Å². The van der Waals surface area contributed by atoms with Gasteiger partial charge in [-0.2, -0.15) is 11.8 Å². The molecule has 1 fully saturated rings. The van der Waals surface area contributed by atoms with Gasteiger partial charge in [0.15, 0.2) is 0 Å². The molecule has 0 saturated carbocycles. The molecule has 112 valence electrons. The highest BCUT2D eigenvalue weighted by Gasteiger charge is 2.24. The zero-order valence-corrected chi connectivity index (χ0v) is 13.6. The zero-order chi connectivity index (χ0) is 14.8. The number of benzene rings is 1. The van der Waals surface area contributed by atoms with Gasteiger partial charge in [0.25, 0.3) is 5.91 Å². The number of nitrogens with zero attached hydrogens (tertiary/aromatic N) is 1. The van der Waals surface area contributed by atoms with Gasteiger partial charge >= 0.3 is 0 Å². The Hall–Kier alpha value is -1.08. The van der Waals surface area contributed by atoms with Crippen LogP contribution in [0.5, 0.6) is 0 Å². The molecule has 1 aromatic carbocycles. The van der Waals surface area contributed by atoms with Crippen LogP contribution in [0.25, 0.3) is 10.1 Å². The highest BCUT2D eigenvalue weighted by atomic mass is 32.2. The SMILES string of the molecule is CC1CSCCN1Cc1c(C(=O)NN)sc2ccccc12. The third-order valence-corrected chi connectivity index (χ3v) is 6.30. The molecule has 1 aliphatic heterocycles. The second-order valence-corrected chi connectivity index (χ2v) is 7.48. The first-order valence-electron chi connectivity index (χ1n) is 7.04. The Balaban J connectivity index is 2.00. The van der Waals surface area contributed by atoms with Gasteiger partial charge in [0, 0.05) is 35.3 Å². The third kappa shape index (κ3) is 2.94. The van der Waals surface area contributed by atoms with E-state index in [1.54, 1.807) is 0 Å². The maximum Gasteiger partial charge on any atom is 0.275 e. The number of nitrogens with two attached hydrogens (primary N) is 1. The predicted molar refractivity (Wildman–Crippen MR) is 90.7 cm³/mol. The topological polar surface area (TPSA) is 58.4 Å². The number of nitrogen functional groups attached to an aromatic ring is 1. The molecule has 3 rings (SSSR count). The Morgan fingerprint density at radius 2 is 2.29 bits per heavy atom. The fraction of sp³-hybridized carbons (Fsp3) is 0.400. The molecule has 0 aliphatic carbocycles. The molecular formula is C15H19N3OS2. The summed E-state index contributed by atoms with van der Waals surface area (Å²) < 4.78 is 1.14. The molecule has 1 unspecified atom stereocenters. The Morgan fingerprint density at radius 1 is 1.48 bits per heavy atom. The van der Waals surface area contributed by atoms with E-state index in [1.165, 1.54) is 16.7 Å². The smallest absolute Gasteiger partial charge is 0.275 e. The summed E-state index contributed by atoms with van der Waals surface area (Å²) in [5.41, 5.74) is 3.39. The van der Waals surface area contributed by atoms with E-state index in [0.29, 0.717) is 6.04 Å². The summed E-state index contributed by atoms with van der Waals surface area (Å²) in [5, 5.41) is 1.17.